The first-order chi connectivity index (χ1) is 13.0. The number of ether oxygens (including phenoxy) is 2. The van der Waals surface area contributed by atoms with Crippen LogP contribution in [-0.2, 0) is 24.1 Å². The van der Waals surface area contributed by atoms with Crippen LogP contribution in [0.5, 0.6) is 0 Å². The predicted molar refractivity (Wildman–Crippen MR) is 94.5 cm³/mol. The largest absolute Gasteiger partial charge is 0.465 e. The number of carbonyl (C=O) groups excluding carboxylic acids is 3. The first-order valence-corrected chi connectivity index (χ1v) is 9.87. The van der Waals surface area contributed by atoms with Gasteiger partial charge in [-0.3, -0.25) is 14.9 Å². The van der Waals surface area contributed by atoms with Crippen LogP contribution in [0.25, 0.3) is 0 Å². The van der Waals surface area contributed by atoms with Crippen LogP contribution >= 0.6 is 0 Å². The minimum atomic E-state index is -3.19. The van der Waals surface area contributed by atoms with Crippen molar-refractivity contribution in [3.05, 3.63) is 39.4 Å². The Morgan fingerprint density at radius 3 is 2.32 bits per heavy atom. The number of likely N-dealkylation sites (N-methyl/N-ethyl adjacent to an activating group) is 1. The number of methoxy groups -OCH3 is 1. The summed E-state index contributed by atoms with van der Waals surface area (Å²) in [6, 6.07) is 2.41. The maximum atomic E-state index is 12.2. The number of amides is 1. The van der Waals surface area contributed by atoms with Crippen LogP contribution in [-0.4, -0.2) is 74.4 Å². The molecule has 2 rings (SSSR count). The van der Waals surface area contributed by atoms with E-state index in [1.165, 1.54) is 11.9 Å². The second kappa shape index (κ2) is 8.33. The summed E-state index contributed by atoms with van der Waals surface area (Å²) in [5.41, 5.74) is -1.04. The van der Waals surface area contributed by atoms with Gasteiger partial charge in [0.15, 0.2) is 16.4 Å². The molecule has 1 heterocycles. The van der Waals surface area contributed by atoms with E-state index in [-0.39, 0.29) is 22.6 Å². The van der Waals surface area contributed by atoms with Crippen LogP contribution in [0.3, 0.4) is 0 Å². The number of hydrogen-bond acceptors (Lipinski definition) is 9. The third-order valence-corrected chi connectivity index (χ3v) is 6.01. The Hall–Kier alpha value is -3.02. The number of carbonyl (C=O) groups is 3. The van der Waals surface area contributed by atoms with Gasteiger partial charge in [-0.05, 0) is 12.5 Å². The zero-order valence-corrected chi connectivity index (χ0v) is 15.9. The van der Waals surface area contributed by atoms with Gasteiger partial charge in [0.2, 0.25) is 0 Å². The lowest BCUT2D eigenvalue weighted by atomic mass is 10.1. The first kappa shape index (κ1) is 21.3. The van der Waals surface area contributed by atoms with Crippen LogP contribution in [0.1, 0.15) is 27.1 Å². The van der Waals surface area contributed by atoms with Crippen LogP contribution in [0, 0.1) is 10.1 Å². The summed E-state index contributed by atoms with van der Waals surface area (Å²) in [5, 5.41) is 11.0. The highest BCUT2D eigenvalue weighted by atomic mass is 32.2. The minimum absolute atomic E-state index is 0.0148. The summed E-state index contributed by atoms with van der Waals surface area (Å²) < 4.78 is 32.4. The van der Waals surface area contributed by atoms with Crippen molar-refractivity contribution >= 4 is 33.4 Å². The molecule has 1 atom stereocenters. The molecule has 1 aliphatic rings. The van der Waals surface area contributed by atoms with E-state index in [0.29, 0.717) is 6.42 Å². The highest BCUT2D eigenvalue weighted by molar-refractivity contribution is 7.91. The van der Waals surface area contributed by atoms with Crippen molar-refractivity contribution in [2.75, 3.05) is 32.3 Å². The number of sulfone groups is 1. The van der Waals surface area contributed by atoms with Gasteiger partial charge in [-0.15, -0.1) is 0 Å². The summed E-state index contributed by atoms with van der Waals surface area (Å²) in [5.74, 6) is -2.71. The lowest BCUT2D eigenvalue weighted by Crippen LogP contribution is -2.40. The maximum Gasteiger partial charge on any atom is 0.338 e. The van der Waals surface area contributed by atoms with E-state index in [4.69, 9.17) is 4.74 Å². The number of hydrogen-bond donors (Lipinski definition) is 0. The fourth-order valence-electron chi connectivity index (χ4n) is 2.67. The van der Waals surface area contributed by atoms with Crippen LogP contribution in [0.4, 0.5) is 5.69 Å². The molecule has 1 amide bonds. The molecule has 1 aromatic rings. The smallest absolute Gasteiger partial charge is 0.338 e. The minimum Gasteiger partial charge on any atom is -0.465 e. The molecule has 0 unspecified atom stereocenters. The van der Waals surface area contributed by atoms with E-state index in [2.05, 4.69) is 4.74 Å². The van der Waals surface area contributed by atoms with Gasteiger partial charge in [0.05, 0.1) is 34.7 Å². The van der Waals surface area contributed by atoms with Crippen molar-refractivity contribution in [2.45, 2.75) is 12.5 Å². The summed E-state index contributed by atoms with van der Waals surface area (Å²) in [6.07, 6.45) is 0.298. The van der Waals surface area contributed by atoms with E-state index in [0.717, 1.165) is 25.3 Å². The molecule has 0 bridgehead atoms. The Morgan fingerprint density at radius 2 is 1.82 bits per heavy atom. The van der Waals surface area contributed by atoms with Crippen molar-refractivity contribution in [1.29, 1.82) is 0 Å². The van der Waals surface area contributed by atoms with Crippen molar-refractivity contribution in [3.63, 3.8) is 0 Å². The molecule has 0 radical (unpaired) electrons. The molecule has 1 fully saturated rings. The second-order valence-electron chi connectivity index (χ2n) is 6.15. The lowest BCUT2D eigenvalue weighted by molar-refractivity contribution is -0.384. The van der Waals surface area contributed by atoms with Crippen LogP contribution in [0.15, 0.2) is 18.2 Å². The van der Waals surface area contributed by atoms with Crippen LogP contribution in [0.2, 0.25) is 0 Å². The molecular weight excluding hydrogens is 396 g/mol. The van der Waals surface area contributed by atoms with E-state index in [1.54, 1.807) is 0 Å². The molecule has 1 aromatic carbocycles. The van der Waals surface area contributed by atoms with E-state index >= 15 is 0 Å². The Morgan fingerprint density at radius 1 is 1.21 bits per heavy atom. The summed E-state index contributed by atoms with van der Waals surface area (Å²) in [6.45, 7) is -0.678. The fraction of sp³-hybridized carbons (Fsp3) is 0.438. The summed E-state index contributed by atoms with van der Waals surface area (Å²) >= 11 is 0. The number of nitro benzene ring substituents is 1. The lowest BCUT2D eigenvalue weighted by Gasteiger charge is -2.23. The Bertz CT molecular complexity index is 926. The molecule has 0 spiro atoms. The Balaban J connectivity index is 2.08. The van der Waals surface area contributed by atoms with Gasteiger partial charge in [0.1, 0.15) is 0 Å². The molecule has 0 saturated carbocycles. The SMILES string of the molecule is COC(=O)c1cc(C(=O)OCC(=O)N(C)[C@H]2CCS(=O)(=O)C2)cc([N+](=O)[O-])c1. The quantitative estimate of drug-likeness (QED) is 0.361. The van der Waals surface area contributed by atoms with Gasteiger partial charge in [0, 0.05) is 25.2 Å². The summed E-state index contributed by atoms with van der Waals surface area (Å²) in [4.78, 5) is 47.3. The average molecular weight is 414 g/mol. The monoisotopic (exact) mass is 414 g/mol. The fourth-order valence-corrected chi connectivity index (χ4v) is 4.44. The third kappa shape index (κ3) is 5.03. The zero-order valence-electron chi connectivity index (χ0n) is 15.1. The van der Waals surface area contributed by atoms with Gasteiger partial charge >= 0.3 is 11.9 Å². The standard InChI is InChI=1S/C16H18N2O9S/c1-17(12-3-4-28(24,25)9-12)14(19)8-27-16(21)11-5-10(15(20)26-2)6-13(7-11)18(22)23/h5-7,12H,3-4,8-9H2,1-2H3/t12-/m0/s1. The molecule has 28 heavy (non-hydrogen) atoms. The highest BCUT2D eigenvalue weighted by Crippen LogP contribution is 2.20. The third-order valence-electron chi connectivity index (χ3n) is 4.26. The zero-order chi connectivity index (χ0) is 21.1. The number of rotatable bonds is 6. The van der Waals surface area contributed by atoms with Gasteiger partial charge in [0.25, 0.3) is 11.6 Å². The number of nitrogens with zero attached hydrogens (tertiary/aromatic N) is 2. The molecule has 0 N–H and O–H groups in total. The Kier molecular flexibility index (Phi) is 6.33. The van der Waals surface area contributed by atoms with Crippen LogP contribution < -0.4 is 0 Å². The van der Waals surface area contributed by atoms with E-state index in [9.17, 15) is 32.9 Å². The number of nitro groups is 1. The normalized spacial score (nSPS) is 17.6. The summed E-state index contributed by atoms with van der Waals surface area (Å²) in [7, 11) is -0.699. The second-order valence-corrected chi connectivity index (χ2v) is 8.38. The number of non-ortho nitro benzene ring substituents is 1. The molecule has 0 aliphatic carbocycles. The molecular formula is C16H18N2O9S. The van der Waals surface area contributed by atoms with E-state index < -0.39 is 50.9 Å². The van der Waals surface area contributed by atoms with Gasteiger partial charge in [-0.1, -0.05) is 0 Å². The van der Waals surface area contributed by atoms with Crippen molar-refractivity contribution in [2.24, 2.45) is 0 Å². The molecule has 0 aromatic heterocycles. The molecule has 11 nitrogen and oxygen atoms in total. The molecule has 1 saturated heterocycles. The molecule has 152 valence electrons. The number of esters is 2. The van der Waals surface area contributed by atoms with Gasteiger partial charge in [-0.25, -0.2) is 18.0 Å². The van der Waals surface area contributed by atoms with Gasteiger partial charge in [-0.2, -0.15) is 0 Å². The Labute approximate surface area is 160 Å². The molecule has 12 heteroatoms. The van der Waals surface area contributed by atoms with Crippen molar-refractivity contribution < 1.29 is 37.2 Å². The van der Waals surface area contributed by atoms with Crippen molar-refractivity contribution in [1.82, 2.24) is 4.90 Å². The van der Waals surface area contributed by atoms with Crippen molar-refractivity contribution in [3.8, 4) is 0 Å². The highest BCUT2D eigenvalue weighted by Gasteiger charge is 2.33. The average Bonchev–Trinajstić information content (AvgIpc) is 3.03. The maximum absolute atomic E-state index is 12.2. The van der Waals surface area contributed by atoms with E-state index in [1.807, 2.05) is 0 Å². The molecule has 1 aliphatic heterocycles. The first-order valence-electron chi connectivity index (χ1n) is 8.05. The number of benzene rings is 1. The predicted octanol–water partition coefficient (Wildman–Crippen LogP) is 0.184. The topological polar surface area (TPSA) is 150 Å². The van der Waals surface area contributed by atoms with Gasteiger partial charge < -0.3 is 14.4 Å².